The van der Waals surface area contributed by atoms with Gasteiger partial charge in [-0.25, -0.2) is 4.98 Å². The minimum absolute atomic E-state index is 0.0678. The van der Waals surface area contributed by atoms with E-state index in [2.05, 4.69) is 19.8 Å². The van der Waals surface area contributed by atoms with E-state index in [0.29, 0.717) is 13.1 Å². The fourth-order valence-electron chi connectivity index (χ4n) is 4.44. The van der Waals surface area contributed by atoms with E-state index < -0.39 is 0 Å². The molecule has 0 spiro atoms. The van der Waals surface area contributed by atoms with Crippen molar-refractivity contribution >= 4 is 11.9 Å². The van der Waals surface area contributed by atoms with Crippen LogP contribution < -0.4 is 0 Å². The lowest BCUT2D eigenvalue weighted by Crippen LogP contribution is -2.55. The van der Waals surface area contributed by atoms with Gasteiger partial charge in [-0.05, 0) is 25.0 Å². The van der Waals surface area contributed by atoms with Crippen LogP contribution in [0.5, 0.6) is 0 Å². The highest BCUT2D eigenvalue weighted by atomic mass is 16.5. The zero-order valence-electron chi connectivity index (χ0n) is 19.1. The monoisotopic (exact) mass is 443 g/mol. The van der Waals surface area contributed by atoms with Gasteiger partial charge >= 0.3 is 11.9 Å². The summed E-state index contributed by atoms with van der Waals surface area (Å²) in [5.74, 6) is -0.566. The number of carbonyl (C=O) groups excluding carboxylic acids is 2. The van der Waals surface area contributed by atoms with E-state index in [4.69, 9.17) is 9.47 Å². The Morgan fingerprint density at radius 2 is 1.56 bits per heavy atom. The van der Waals surface area contributed by atoms with Gasteiger partial charge in [-0.3, -0.25) is 24.4 Å². The number of hydrogen-bond donors (Lipinski definition) is 0. The van der Waals surface area contributed by atoms with Crippen molar-refractivity contribution in [2.45, 2.75) is 50.9 Å². The molecule has 2 atom stereocenters. The highest BCUT2D eigenvalue weighted by Gasteiger charge is 2.36. The first-order valence-corrected chi connectivity index (χ1v) is 11.0. The summed E-state index contributed by atoms with van der Waals surface area (Å²) in [6.45, 7) is 1.41. The number of aromatic nitrogens is 3. The van der Waals surface area contributed by atoms with E-state index in [0.717, 1.165) is 37.1 Å². The molecule has 2 aromatic heterocycles. The third-order valence-electron chi connectivity index (χ3n) is 5.97. The summed E-state index contributed by atoms with van der Waals surface area (Å²) in [4.78, 5) is 37.7. The predicted octanol–water partition coefficient (Wildman–Crippen LogP) is 1.78. The summed E-state index contributed by atoms with van der Waals surface area (Å²) < 4.78 is 11.9. The fourth-order valence-corrected chi connectivity index (χ4v) is 4.44. The number of imidazole rings is 1. The number of methoxy groups -OCH3 is 2. The molecule has 2 aromatic rings. The number of aryl methyl sites for hydroxylation is 1. The van der Waals surface area contributed by atoms with Crippen LogP contribution >= 0.6 is 0 Å². The van der Waals surface area contributed by atoms with Crippen LogP contribution in [0, 0.1) is 0 Å². The van der Waals surface area contributed by atoms with Crippen LogP contribution in [0.3, 0.4) is 0 Å². The van der Waals surface area contributed by atoms with Gasteiger partial charge in [0.1, 0.15) is 0 Å². The number of pyridine rings is 1. The lowest BCUT2D eigenvalue weighted by molar-refractivity contribution is -0.146. The van der Waals surface area contributed by atoms with E-state index >= 15 is 0 Å². The third kappa shape index (κ3) is 6.61. The molecule has 0 saturated heterocycles. The van der Waals surface area contributed by atoms with Crippen LogP contribution in [0.15, 0.2) is 36.9 Å². The van der Waals surface area contributed by atoms with Crippen LogP contribution in [0.1, 0.15) is 37.1 Å². The summed E-state index contributed by atoms with van der Waals surface area (Å²) in [7, 11) is 4.74. The maximum atomic E-state index is 12.3. The summed E-state index contributed by atoms with van der Waals surface area (Å²) in [6.07, 6.45) is 9.46. The van der Waals surface area contributed by atoms with E-state index in [1.54, 1.807) is 12.5 Å². The SMILES string of the molecule is COC(=O)CN(Cc1cn(C)cn1)C1CCCC[C@@H]1N(CC(=O)OC)Cc1ccccn1. The maximum Gasteiger partial charge on any atom is 0.319 e. The molecule has 9 heteroatoms. The molecule has 0 N–H and O–H groups in total. The Hall–Kier alpha value is -2.78. The molecule has 174 valence electrons. The highest BCUT2D eigenvalue weighted by Crippen LogP contribution is 2.29. The number of carbonyl (C=O) groups is 2. The Morgan fingerprint density at radius 1 is 0.969 bits per heavy atom. The Bertz CT molecular complexity index is 872. The zero-order valence-corrected chi connectivity index (χ0v) is 19.1. The number of ether oxygens (including phenoxy) is 2. The van der Waals surface area contributed by atoms with E-state index in [1.807, 2.05) is 36.0 Å². The molecule has 0 amide bonds. The summed E-state index contributed by atoms with van der Waals surface area (Å²) in [5, 5.41) is 0. The van der Waals surface area contributed by atoms with Gasteiger partial charge in [-0.15, -0.1) is 0 Å². The van der Waals surface area contributed by atoms with Gasteiger partial charge in [0.2, 0.25) is 0 Å². The van der Waals surface area contributed by atoms with Crippen molar-refractivity contribution in [3.8, 4) is 0 Å². The van der Waals surface area contributed by atoms with Gasteiger partial charge in [0, 0.05) is 44.6 Å². The fraction of sp³-hybridized carbons (Fsp3) is 0.565. The van der Waals surface area contributed by atoms with E-state index in [9.17, 15) is 9.59 Å². The van der Waals surface area contributed by atoms with Gasteiger partial charge in [0.15, 0.2) is 0 Å². The van der Waals surface area contributed by atoms with Crippen molar-refractivity contribution in [2.75, 3.05) is 27.3 Å². The molecule has 1 unspecified atom stereocenters. The molecular formula is C23H33N5O4. The lowest BCUT2D eigenvalue weighted by atomic mass is 9.87. The zero-order chi connectivity index (χ0) is 22.9. The second-order valence-electron chi connectivity index (χ2n) is 8.23. The van der Waals surface area contributed by atoms with E-state index in [1.165, 1.54) is 14.2 Å². The van der Waals surface area contributed by atoms with Crippen LogP contribution in [-0.2, 0) is 39.2 Å². The average molecular weight is 444 g/mol. The van der Waals surface area contributed by atoms with Crippen molar-refractivity contribution in [3.63, 3.8) is 0 Å². The summed E-state index contributed by atoms with van der Waals surface area (Å²) in [6, 6.07) is 5.92. The van der Waals surface area contributed by atoms with Crippen molar-refractivity contribution in [1.29, 1.82) is 0 Å². The first-order valence-electron chi connectivity index (χ1n) is 11.0. The van der Waals surface area contributed by atoms with Crippen LogP contribution in [-0.4, -0.2) is 75.7 Å². The Morgan fingerprint density at radius 3 is 2.03 bits per heavy atom. The van der Waals surface area contributed by atoms with Crippen molar-refractivity contribution in [1.82, 2.24) is 24.3 Å². The molecule has 1 aliphatic carbocycles. The molecule has 9 nitrogen and oxygen atoms in total. The van der Waals surface area contributed by atoms with Crippen LogP contribution in [0.25, 0.3) is 0 Å². The molecule has 1 aliphatic rings. The van der Waals surface area contributed by atoms with Crippen molar-refractivity contribution in [3.05, 3.63) is 48.3 Å². The van der Waals surface area contributed by atoms with Gasteiger partial charge in [-0.2, -0.15) is 0 Å². The minimum Gasteiger partial charge on any atom is -0.468 e. The predicted molar refractivity (Wildman–Crippen MR) is 118 cm³/mol. The molecule has 0 aliphatic heterocycles. The van der Waals surface area contributed by atoms with Crippen molar-refractivity contribution < 1.29 is 19.1 Å². The molecule has 32 heavy (non-hydrogen) atoms. The topological polar surface area (TPSA) is 89.8 Å². The van der Waals surface area contributed by atoms with Crippen LogP contribution in [0.2, 0.25) is 0 Å². The summed E-state index contributed by atoms with van der Waals surface area (Å²) >= 11 is 0. The first-order chi connectivity index (χ1) is 15.5. The van der Waals surface area contributed by atoms with Gasteiger partial charge in [0.05, 0.1) is 45.0 Å². The molecular weight excluding hydrogens is 410 g/mol. The highest BCUT2D eigenvalue weighted by molar-refractivity contribution is 5.72. The molecule has 0 radical (unpaired) electrons. The largest absolute Gasteiger partial charge is 0.468 e. The normalized spacial score (nSPS) is 18.7. The number of esters is 2. The smallest absolute Gasteiger partial charge is 0.319 e. The van der Waals surface area contributed by atoms with Gasteiger partial charge in [-0.1, -0.05) is 18.9 Å². The number of rotatable bonds is 10. The second-order valence-corrected chi connectivity index (χ2v) is 8.23. The molecule has 3 rings (SSSR count). The lowest BCUT2D eigenvalue weighted by Gasteiger charge is -2.44. The minimum atomic E-state index is -0.283. The maximum absolute atomic E-state index is 12.3. The van der Waals surface area contributed by atoms with E-state index in [-0.39, 0.29) is 37.1 Å². The first kappa shape index (κ1) is 23.9. The third-order valence-corrected chi connectivity index (χ3v) is 5.97. The molecule has 2 heterocycles. The Balaban J connectivity index is 1.87. The molecule has 0 aromatic carbocycles. The summed E-state index contributed by atoms with van der Waals surface area (Å²) in [5.41, 5.74) is 1.79. The standard InChI is InChI=1S/C23H33N5O4/c1-26-12-19(25-17-26)14-28(16-23(30)32-3)21-10-5-4-9-20(21)27(15-22(29)31-2)13-18-8-6-7-11-24-18/h6-8,11-12,17,20-21H,4-5,9-10,13-16H2,1-3H3/t20-,21?/m0/s1. The second kappa shape index (κ2) is 11.7. The Kier molecular flexibility index (Phi) is 8.75. The average Bonchev–Trinajstić information content (AvgIpc) is 3.23. The molecule has 1 saturated carbocycles. The van der Waals surface area contributed by atoms with Gasteiger partial charge in [0.25, 0.3) is 0 Å². The van der Waals surface area contributed by atoms with Crippen LogP contribution in [0.4, 0.5) is 0 Å². The molecule has 1 fully saturated rings. The number of nitrogens with zero attached hydrogens (tertiary/aromatic N) is 5. The van der Waals surface area contributed by atoms with Gasteiger partial charge < -0.3 is 14.0 Å². The quantitative estimate of drug-likeness (QED) is 0.514. The molecule has 0 bridgehead atoms. The Labute approximate surface area is 189 Å². The number of hydrogen-bond acceptors (Lipinski definition) is 8. The van der Waals surface area contributed by atoms with Crippen molar-refractivity contribution in [2.24, 2.45) is 7.05 Å².